The lowest BCUT2D eigenvalue weighted by atomic mass is 10.1. The Hall–Kier alpha value is -3.67. The number of rotatable bonds is 4. The average molecular weight is 386 g/mol. The first-order chi connectivity index (χ1) is 14.0. The second-order valence-electron chi connectivity index (χ2n) is 7.17. The summed E-state index contributed by atoms with van der Waals surface area (Å²) in [6, 6.07) is 19.0. The van der Waals surface area contributed by atoms with Gasteiger partial charge in [-0.1, -0.05) is 18.2 Å². The van der Waals surface area contributed by atoms with Crippen molar-refractivity contribution >= 4 is 34.7 Å². The van der Waals surface area contributed by atoms with Crippen molar-refractivity contribution in [2.24, 2.45) is 0 Å². The van der Waals surface area contributed by atoms with Crippen molar-refractivity contribution in [1.29, 1.82) is 0 Å². The molecule has 2 N–H and O–H groups in total. The molecule has 0 bridgehead atoms. The van der Waals surface area contributed by atoms with Crippen molar-refractivity contribution in [3.8, 4) is 0 Å². The summed E-state index contributed by atoms with van der Waals surface area (Å²) in [6.45, 7) is 3.53. The fourth-order valence-electron chi connectivity index (χ4n) is 3.63. The van der Waals surface area contributed by atoms with Crippen LogP contribution in [0.1, 0.15) is 29.8 Å². The number of anilines is 4. The maximum atomic E-state index is 13.2. The third-order valence-corrected chi connectivity index (χ3v) is 4.91. The van der Waals surface area contributed by atoms with Crippen LogP contribution in [0.5, 0.6) is 0 Å². The van der Waals surface area contributed by atoms with Crippen LogP contribution < -0.4 is 15.5 Å². The van der Waals surface area contributed by atoms with E-state index in [-0.39, 0.29) is 17.9 Å². The third kappa shape index (κ3) is 3.96. The number of hydrogen-bond acceptors (Lipinski definition) is 4. The van der Waals surface area contributed by atoms with Gasteiger partial charge in [0.15, 0.2) is 0 Å². The van der Waals surface area contributed by atoms with Crippen molar-refractivity contribution in [3.05, 3.63) is 78.0 Å². The second kappa shape index (κ2) is 7.75. The number of hydrogen-bond donors (Lipinski definition) is 2. The van der Waals surface area contributed by atoms with E-state index in [1.807, 2.05) is 47.4 Å². The molecule has 146 valence electrons. The number of amides is 2. The topological polar surface area (TPSA) is 74.3 Å². The van der Waals surface area contributed by atoms with Gasteiger partial charge >= 0.3 is 0 Å². The molecule has 3 aromatic rings. The Balaban J connectivity index is 1.53. The number of fused-ring (bicyclic) bond motifs is 1. The van der Waals surface area contributed by atoms with Crippen LogP contribution in [0, 0.1) is 0 Å². The van der Waals surface area contributed by atoms with Crippen LogP contribution in [0.3, 0.4) is 0 Å². The second-order valence-corrected chi connectivity index (χ2v) is 7.17. The zero-order valence-electron chi connectivity index (χ0n) is 16.3. The molecule has 2 heterocycles. The molecular formula is C23H22N4O2. The fraction of sp³-hybridized carbons (Fsp3) is 0.174. The van der Waals surface area contributed by atoms with Crippen molar-refractivity contribution in [3.63, 3.8) is 0 Å². The molecule has 4 rings (SSSR count). The first kappa shape index (κ1) is 18.7. The Bertz CT molecular complexity index is 1060. The molecule has 1 aliphatic rings. The first-order valence-corrected chi connectivity index (χ1v) is 9.53. The van der Waals surface area contributed by atoms with Gasteiger partial charge in [-0.15, -0.1) is 0 Å². The smallest absolute Gasteiger partial charge is 0.258 e. The maximum Gasteiger partial charge on any atom is 0.258 e. The van der Waals surface area contributed by atoms with E-state index in [1.54, 1.807) is 18.3 Å². The summed E-state index contributed by atoms with van der Waals surface area (Å²) < 4.78 is 0. The quantitative estimate of drug-likeness (QED) is 0.698. The third-order valence-electron chi connectivity index (χ3n) is 4.91. The van der Waals surface area contributed by atoms with Crippen LogP contribution in [0.15, 0.2) is 66.9 Å². The summed E-state index contributed by atoms with van der Waals surface area (Å²) in [5.74, 6) is 0.438. The molecule has 0 saturated carbocycles. The number of benzene rings is 2. The molecule has 1 unspecified atom stereocenters. The van der Waals surface area contributed by atoms with Crippen LogP contribution in [0.2, 0.25) is 0 Å². The summed E-state index contributed by atoms with van der Waals surface area (Å²) in [6.07, 6.45) is 2.49. The largest absolute Gasteiger partial charge is 0.340 e. The molecule has 0 aliphatic carbocycles. The maximum absolute atomic E-state index is 13.2. The van der Waals surface area contributed by atoms with Crippen molar-refractivity contribution < 1.29 is 9.59 Å². The van der Waals surface area contributed by atoms with Gasteiger partial charge in [-0.3, -0.25) is 9.59 Å². The molecular weight excluding hydrogens is 364 g/mol. The minimum absolute atomic E-state index is 0.0334. The molecule has 2 aromatic carbocycles. The van der Waals surface area contributed by atoms with Gasteiger partial charge in [0.1, 0.15) is 5.82 Å². The number of nitrogens with zero attached hydrogens (tertiary/aromatic N) is 2. The predicted molar refractivity (Wildman–Crippen MR) is 115 cm³/mol. The monoisotopic (exact) mass is 386 g/mol. The molecule has 2 amide bonds. The van der Waals surface area contributed by atoms with Gasteiger partial charge in [0.2, 0.25) is 5.91 Å². The standard InChI is InChI=1S/C23H22N4O2/c1-15-13-17-5-3-4-6-21(17)27(15)23(29)18-11-12-24-22(14-18)26-20-9-7-19(8-10-20)25-16(2)28/h3-12,14-15H,13H2,1-2H3,(H,24,26)(H,25,28). The van der Waals surface area contributed by atoms with Crippen molar-refractivity contribution in [1.82, 2.24) is 4.98 Å². The van der Waals surface area contributed by atoms with Crippen molar-refractivity contribution in [2.75, 3.05) is 15.5 Å². The van der Waals surface area contributed by atoms with Gasteiger partial charge in [0.05, 0.1) is 0 Å². The number of nitrogens with one attached hydrogen (secondary N) is 2. The highest BCUT2D eigenvalue weighted by atomic mass is 16.2. The molecule has 6 nitrogen and oxygen atoms in total. The van der Waals surface area contributed by atoms with Crippen LogP contribution >= 0.6 is 0 Å². The Morgan fingerprint density at radius 2 is 1.76 bits per heavy atom. The van der Waals surface area contributed by atoms with Crippen molar-refractivity contribution in [2.45, 2.75) is 26.3 Å². The SMILES string of the molecule is CC(=O)Nc1ccc(Nc2cc(C(=O)N3c4ccccc4CC3C)ccn2)cc1. The Morgan fingerprint density at radius 3 is 2.52 bits per heavy atom. The van der Waals surface area contributed by atoms with Gasteiger partial charge in [-0.2, -0.15) is 0 Å². The summed E-state index contributed by atoms with van der Waals surface area (Å²) in [7, 11) is 0. The van der Waals surface area contributed by atoms with Gasteiger partial charge in [0.25, 0.3) is 5.91 Å². The number of para-hydroxylation sites is 1. The number of carbonyl (C=O) groups is 2. The van der Waals surface area contributed by atoms with E-state index in [0.29, 0.717) is 11.4 Å². The summed E-state index contributed by atoms with van der Waals surface area (Å²) in [5, 5.41) is 5.94. The molecule has 6 heteroatoms. The first-order valence-electron chi connectivity index (χ1n) is 9.53. The van der Waals surface area contributed by atoms with E-state index in [0.717, 1.165) is 23.5 Å². The minimum atomic E-state index is -0.115. The zero-order valence-corrected chi connectivity index (χ0v) is 16.3. The highest BCUT2D eigenvalue weighted by molar-refractivity contribution is 6.08. The van der Waals surface area contributed by atoms with E-state index < -0.39 is 0 Å². The fourth-order valence-corrected chi connectivity index (χ4v) is 3.63. The minimum Gasteiger partial charge on any atom is -0.340 e. The molecule has 1 aliphatic heterocycles. The predicted octanol–water partition coefficient (Wildman–Crippen LogP) is 4.38. The average Bonchev–Trinajstić information content (AvgIpc) is 3.04. The van der Waals surface area contributed by atoms with Gasteiger partial charge in [0, 0.05) is 41.8 Å². The Labute approximate surface area is 169 Å². The number of carbonyl (C=O) groups excluding carboxylic acids is 2. The lowest BCUT2D eigenvalue weighted by Crippen LogP contribution is -2.35. The van der Waals surface area contributed by atoms with Crippen LogP contribution in [-0.2, 0) is 11.2 Å². The summed E-state index contributed by atoms with van der Waals surface area (Å²) in [5.41, 5.74) is 4.29. The molecule has 0 radical (unpaired) electrons. The van der Waals surface area contributed by atoms with E-state index in [2.05, 4.69) is 28.6 Å². The molecule has 1 aromatic heterocycles. The lowest BCUT2D eigenvalue weighted by molar-refractivity contribution is -0.114. The van der Waals surface area contributed by atoms with Crippen LogP contribution in [-0.4, -0.2) is 22.8 Å². The Morgan fingerprint density at radius 1 is 1.03 bits per heavy atom. The van der Waals surface area contributed by atoms with Crippen LogP contribution in [0.25, 0.3) is 0 Å². The van der Waals surface area contributed by atoms with Gasteiger partial charge in [-0.05, 0) is 61.4 Å². The molecule has 0 fully saturated rings. The zero-order chi connectivity index (χ0) is 20.4. The molecule has 0 spiro atoms. The Kier molecular flexibility index (Phi) is 4.99. The van der Waals surface area contributed by atoms with E-state index in [1.165, 1.54) is 12.5 Å². The van der Waals surface area contributed by atoms with E-state index >= 15 is 0 Å². The number of aromatic nitrogens is 1. The van der Waals surface area contributed by atoms with Gasteiger partial charge < -0.3 is 15.5 Å². The lowest BCUT2D eigenvalue weighted by Gasteiger charge is -2.23. The van der Waals surface area contributed by atoms with E-state index in [9.17, 15) is 9.59 Å². The summed E-state index contributed by atoms with van der Waals surface area (Å²) in [4.78, 5) is 30.5. The van der Waals surface area contributed by atoms with Gasteiger partial charge in [-0.25, -0.2) is 4.98 Å². The highest BCUT2D eigenvalue weighted by Gasteiger charge is 2.31. The van der Waals surface area contributed by atoms with E-state index in [4.69, 9.17) is 0 Å². The summed E-state index contributed by atoms with van der Waals surface area (Å²) >= 11 is 0. The molecule has 29 heavy (non-hydrogen) atoms. The highest BCUT2D eigenvalue weighted by Crippen LogP contribution is 2.33. The molecule has 0 saturated heterocycles. The normalized spacial score (nSPS) is 15.0. The van der Waals surface area contributed by atoms with Crippen LogP contribution in [0.4, 0.5) is 22.9 Å². The number of pyridine rings is 1. The molecule has 1 atom stereocenters.